The summed E-state index contributed by atoms with van der Waals surface area (Å²) >= 11 is 0. The van der Waals surface area contributed by atoms with Gasteiger partial charge in [-0.25, -0.2) is 5.43 Å². The van der Waals surface area contributed by atoms with Crippen LogP contribution in [0.2, 0.25) is 0 Å². The predicted octanol–water partition coefficient (Wildman–Crippen LogP) is 3.90. The molecule has 0 heterocycles. The highest BCUT2D eigenvalue weighted by Crippen LogP contribution is 2.27. The van der Waals surface area contributed by atoms with Crippen molar-refractivity contribution in [2.45, 2.75) is 27.2 Å². The van der Waals surface area contributed by atoms with Crippen LogP contribution in [0.4, 0.5) is 5.69 Å². The number of benzene rings is 2. The van der Waals surface area contributed by atoms with Crippen molar-refractivity contribution in [3.05, 3.63) is 53.6 Å². The Balaban J connectivity index is 1.99. The Morgan fingerprint density at radius 3 is 2.21 bits per heavy atom. The van der Waals surface area contributed by atoms with Gasteiger partial charge in [-0.1, -0.05) is 6.07 Å². The van der Waals surface area contributed by atoms with Gasteiger partial charge in [0, 0.05) is 36.5 Å². The minimum atomic E-state index is -0.224. The van der Waals surface area contributed by atoms with Crippen molar-refractivity contribution in [2.75, 3.05) is 32.2 Å². The van der Waals surface area contributed by atoms with E-state index in [1.165, 1.54) is 0 Å². The molecule has 2 rings (SSSR count). The normalized spacial score (nSPS) is 11.1. The summed E-state index contributed by atoms with van der Waals surface area (Å²) < 4.78 is 10.6. The molecule has 2 aromatic rings. The standard InChI is InChI=1S/C22H29N3O3/c1-6-25(7-2)19-11-9-18(10-12-19)22(26)24-23-16(3)14-17-8-13-20(27-4)21(15-17)28-5/h8-13,15H,6-7,14H2,1-5H3,(H,24,26)/b23-16-. The van der Waals surface area contributed by atoms with Gasteiger partial charge in [0.1, 0.15) is 0 Å². The van der Waals surface area contributed by atoms with Crippen molar-refractivity contribution in [1.29, 1.82) is 0 Å². The van der Waals surface area contributed by atoms with Gasteiger partial charge < -0.3 is 14.4 Å². The van der Waals surface area contributed by atoms with Gasteiger partial charge >= 0.3 is 0 Å². The predicted molar refractivity (Wildman–Crippen MR) is 114 cm³/mol. The largest absolute Gasteiger partial charge is 0.493 e. The highest BCUT2D eigenvalue weighted by molar-refractivity contribution is 5.95. The van der Waals surface area contributed by atoms with Gasteiger partial charge in [0.25, 0.3) is 5.91 Å². The molecule has 1 amide bonds. The summed E-state index contributed by atoms with van der Waals surface area (Å²) in [6.07, 6.45) is 0.599. The van der Waals surface area contributed by atoms with Crippen LogP contribution in [-0.4, -0.2) is 38.9 Å². The van der Waals surface area contributed by atoms with Gasteiger partial charge in [0.2, 0.25) is 0 Å². The molecule has 0 radical (unpaired) electrons. The summed E-state index contributed by atoms with van der Waals surface area (Å²) in [6, 6.07) is 13.3. The van der Waals surface area contributed by atoms with Crippen LogP contribution in [0.25, 0.3) is 0 Å². The van der Waals surface area contributed by atoms with E-state index in [9.17, 15) is 4.79 Å². The first-order chi connectivity index (χ1) is 13.5. The molecular weight excluding hydrogens is 354 g/mol. The number of hydrogen-bond acceptors (Lipinski definition) is 5. The Hall–Kier alpha value is -3.02. The number of anilines is 1. The average Bonchev–Trinajstić information content (AvgIpc) is 2.73. The number of hydrazone groups is 1. The molecule has 28 heavy (non-hydrogen) atoms. The molecule has 0 aliphatic rings. The first kappa shape index (κ1) is 21.3. The summed E-state index contributed by atoms with van der Waals surface area (Å²) in [5.41, 5.74) is 6.13. The second-order valence-electron chi connectivity index (χ2n) is 6.37. The van der Waals surface area contributed by atoms with Crippen LogP contribution in [0.1, 0.15) is 36.7 Å². The molecule has 2 aromatic carbocycles. The second kappa shape index (κ2) is 10.3. The van der Waals surface area contributed by atoms with E-state index in [2.05, 4.69) is 29.3 Å². The van der Waals surface area contributed by atoms with Crippen LogP contribution in [0.5, 0.6) is 11.5 Å². The lowest BCUT2D eigenvalue weighted by atomic mass is 10.1. The SMILES string of the molecule is CCN(CC)c1ccc(C(=O)N/N=C(/C)Cc2ccc(OC)c(OC)c2)cc1. The molecular formula is C22H29N3O3. The maximum atomic E-state index is 12.3. The molecule has 0 bridgehead atoms. The van der Waals surface area contributed by atoms with Gasteiger partial charge in [0.15, 0.2) is 11.5 Å². The summed E-state index contributed by atoms with van der Waals surface area (Å²) in [5, 5.41) is 4.22. The summed E-state index contributed by atoms with van der Waals surface area (Å²) in [6.45, 7) is 7.96. The van der Waals surface area contributed by atoms with Crippen molar-refractivity contribution < 1.29 is 14.3 Å². The van der Waals surface area contributed by atoms with Crippen molar-refractivity contribution in [1.82, 2.24) is 5.43 Å². The third-order valence-electron chi connectivity index (χ3n) is 4.51. The highest BCUT2D eigenvalue weighted by Gasteiger charge is 2.08. The molecule has 6 nitrogen and oxygen atoms in total. The van der Waals surface area contributed by atoms with Crippen molar-refractivity contribution >= 4 is 17.3 Å². The van der Waals surface area contributed by atoms with Crippen LogP contribution in [-0.2, 0) is 6.42 Å². The van der Waals surface area contributed by atoms with E-state index >= 15 is 0 Å². The molecule has 150 valence electrons. The lowest BCUT2D eigenvalue weighted by Crippen LogP contribution is -2.22. The molecule has 0 saturated heterocycles. The molecule has 0 atom stereocenters. The number of ether oxygens (including phenoxy) is 2. The van der Waals surface area contributed by atoms with E-state index in [-0.39, 0.29) is 5.91 Å². The Labute approximate surface area is 167 Å². The fourth-order valence-electron chi connectivity index (χ4n) is 2.95. The van der Waals surface area contributed by atoms with E-state index in [1.54, 1.807) is 14.2 Å². The molecule has 0 fully saturated rings. The van der Waals surface area contributed by atoms with Crippen LogP contribution in [0, 0.1) is 0 Å². The lowest BCUT2D eigenvalue weighted by Gasteiger charge is -2.20. The maximum absolute atomic E-state index is 12.3. The summed E-state index contributed by atoms with van der Waals surface area (Å²) in [5.74, 6) is 1.13. The Morgan fingerprint density at radius 1 is 1.00 bits per heavy atom. The molecule has 0 unspecified atom stereocenters. The van der Waals surface area contributed by atoms with E-state index in [1.807, 2.05) is 49.4 Å². The van der Waals surface area contributed by atoms with Crippen molar-refractivity contribution in [3.63, 3.8) is 0 Å². The number of amides is 1. The van der Waals surface area contributed by atoms with Crippen LogP contribution < -0.4 is 19.8 Å². The minimum absolute atomic E-state index is 0.224. The number of carbonyl (C=O) groups is 1. The number of nitrogens with zero attached hydrogens (tertiary/aromatic N) is 2. The van der Waals surface area contributed by atoms with Crippen molar-refractivity contribution in [3.8, 4) is 11.5 Å². The van der Waals surface area contributed by atoms with Crippen molar-refractivity contribution in [2.24, 2.45) is 5.10 Å². The molecule has 0 aromatic heterocycles. The maximum Gasteiger partial charge on any atom is 0.271 e. The van der Waals surface area contributed by atoms with Gasteiger partial charge in [-0.2, -0.15) is 5.10 Å². The lowest BCUT2D eigenvalue weighted by molar-refractivity contribution is 0.0954. The van der Waals surface area contributed by atoms with E-state index in [4.69, 9.17) is 9.47 Å². The Morgan fingerprint density at radius 2 is 1.64 bits per heavy atom. The number of nitrogens with one attached hydrogen (secondary N) is 1. The third-order valence-corrected chi connectivity index (χ3v) is 4.51. The summed E-state index contributed by atoms with van der Waals surface area (Å²) in [7, 11) is 3.21. The molecule has 6 heteroatoms. The second-order valence-corrected chi connectivity index (χ2v) is 6.37. The van der Waals surface area contributed by atoms with Gasteiger partial charge in [-0.3, -0.25) is 4.79 Å². The minimum Gasteiger partial charge on any atom is -0.493 e. The smallest absolute Gasteiger partial charge is 0.271 e. The van der Waals surface area contributed by atoms with E-state index < -0.39 is 0 Å². The fourth-order valence-corrected chi connectivity index (χ4v) is 2.95. The van der Waals surface area contributed by atoms with E-state index in [0.717, 1.165) is 30.1 Å². The summed E-state index contributed by atoms with van der Waals surface area (Å²) in [4.78, 5) is 14.6. The quantitative estimate of drug-likeness (QED) is 0.527. The zero-order valence-corrected chi connectivity index (χ0v) is 17.3. The number of carbonyl (C=O) groups excluding carboxylic acids is 1. The number of methoxy groups -OCH3 is 2. The Bertz CT molecular complexity index is 812. The highest BCUT2D eigenvalue weighted by atomic mass is 16.5. The Kier molecular flexibility index (Phi) is 7.87. The molecule has 0 aliphatic carbocycles. The number of rotatable bonds is 9. The molecule has 0 spiro atoms. The fraction of sp³-hybridized carbons (Fsp3) is 0.364. The van der Waals surface area contributed by atoms with Crippen LogP contribution >= 0.6 is 0 Å². The third kappa shape index (κ3) is 5.49. The van der Waals surface area contributed by atoms with Gasteiger partial charge in [0.05, 0.1) is 14.2 Å². The van der Waals surface area contributed by atoms with Crippen LogP contribution in [0.15, 0.2) is 47.6 Å². The van der Waals surface area contributed by atoms with Crippen LogP contribution in [0.3, 0.4) is 0 Å². The van der Waals surface area contributed by atoms with Gasteiger partial charge in [-0.15, -0.1) is 0 Å². The molecule has 0 aliphatic heterocycles. The first-order valence-corrected chi connectivity index (χ1v) is 9.41. The monoisotopic (exact) mass is 383 g/mol. The molecule has 0 saturated carbocycles. The number of hydrogen-bond donors (Lipinski definition) is 1. The van der Waals surface area contributed by atoms with E-state index in [0.29, 0.717) is 23.5 Å². The topological polar surface area (TPSA) is 63.2 Å². The molecule has 1 N–H and O–H groups in total. The first-order valence-electron chi connectivity index (χ1n) is 9.41. The average molecular weight is 383 g/mol. The zero-order valence-electron chi connectivity index (χ0n) is 17.3. The van der Waals surface area contributed by atoms with Gasteiger partial charge in [-0.05, 0) is 62.7 Å². The zero-order chi connectivity index (χ0) is 20.5.